The van der Waals surface area contributed by atoms with E-state index in [2.05, 4.69) is 0 Å². The van der Waals surface area contributed by atoms with E-state index in [-0.39, 0.29) is 0 Å². The van der Waals surface area contributed by atoms with E-state index in [9.17, 15) is 8.96 Å². The largest absolute Gasteiger partial charge is 0.359 e. The van der Waals surface area contributed by atoms with E-state index in [0.717, 1.165) is 5.56 Å². The fourth-order valence-electron chi connectivity index (χ4n) is 1.59. The molecule has 15 heavy (non-hydrogen) atoms. The molecule has 5 heteroatoms. The first-order valence-corrected chi connectivity index (χ1v) is 6.39. The molecule has 0 heterocycles. The van der Waals surface area contributed by atoms with Gasteiger partial charge in [-0.25, -0.2) is 4.39 Å². The zero-order valence-electron chi connectivity index (χ0n) is 8.70. The van der Waals surface area contributed by atoms with Crippen molar-refractivity contribution in [3.8, 4) is 0 Å². The molecule has 2 N–H and O–H groups in total. The van der Waals surface area contributed by atoms with Crippen LogP contribution in [0.15, 0.2) is 12.1 Å². The van der Waals surface area contributed by atoms with Gasteiger partial charge in [0.15, 0.2) is 0 Å². The Morgan fingerprint density at radius 2 is 1.87 bits per heavy atom. The highest BCUT2D eigenvalue weighted by Crippen LogP contribution is 2.35. The van der Waals surface area contributed by atoms with Crippen molar-refractivity contribution in [2.24, 2.45) is 0 Å². The second-order valence-corrected chi connectivity index (χ2v) is 4.86. The molecule has 0 atom stereocenters. The Labute approximate surface area is 88.1 Å². The Bertz CT molecular complexity index is 411. The zero-order chi connectivity index (χ0) is 11.6. The van der Waals surface area contributed by atoms with Gasteiger partial charge in [-0.1, -0.05) is 19.9 Å². The van der Waals surface area contributed by atoms with Crippen molar-refractivity contribution < 1.29 is 18.7 Å². The number of aryl methyl sites for hydroxylation is 1. The first-order chi connectivity index (χ1) is 6.91. The van der Waals surface area contributed by atoms with Gasteiger partial charge in [-0.2, -0.15) is 0 Å². The molecular formula is C10H14FO3P. The summed E-state index contributed by atoms with van der Waals surface area (Å²) in [6.45, 7) is 3.64. The first-order valence-electron chi connectivity index (χ1n) is 4.78. The normalized spacial score (nSPS) is 11.8. The van der Waals surface area contributed by atoms with Crippen molar-refractivity contribution in [3.05, 3.63) is 29.1 Å². The molecule has 0 aromatic heterocycles. The molecule has 0 saturated heterocycles. The number of halogens is 1. The van der Waals surface area contributed by atoms with E-state index in [0.29, 0.717) is 18.4 Å². The molecule has 1 aromatic carbocycles. The van der Waals surface area contributed by atoms with Crippen molar-refractivity contribution in [3.63, 3.8) is 0 Å². The molecule has 1 aromatic rings. The maximum Gasteiger partial charge on any atom is 0.359 e. The maximum absolute atomic E-state index is 13.7. The third-order valence-electron chi connectivity index (χ3n) is 2.37. The van der Waals surface area contributed by atoms with Gasteiger partial charge in [-0.3, -0.25) is 4.57 Å². The molecule has 0 aliphatic rings. The SMILES string of the molecule is CCc1ccc(P(=O)(O)O)c(F)c1CC. The minimum absolute atomic E-state index is 0.401. The zero-order valence-corrected chi connectivity index (χ0v) is 9.59. The minimum atomic E-state index is -4.50. The monoisotopic (exact) mass is 232 g/mol. The third kappa shape index (κ3) is 2.46. The van der Waals surface area contributed by atoms with Crippen LogP contribution in [0.3, 0.4) is 0 Å². The molecule has 0 aliphatic heterocycles. The summed E-state index contributed by atoms with van der Waals surface area (Å²) in [5.41, 5.74) is 1.20. The highest BCUT2D eigenvalue weighted by molar-refractivity contribution is 7.60. The van der Waals surface area contributed by atoms with Crippen molar-refractivity contribution in [1.82, 2.24) is 0 Å². The molecule has 84 valence electrons. The van der Waals surface area contributed by atoms with Crippen LogP contribution in [0, 0.1) is 5.82 Å². The summed E-state index contributed by atoms with van der Waals surface area (Å²) in [6, 6.07) is 2.75. The number of hydrogen-bond donors (Lipinski definition) is 2. The average molecular weight is 232 g/mol. The van der Waals surface area contributed by atoms with Crippen LogP contribution in [-0.2, 0) is 17.4 Å². The van der Waals surface area contributed by atoms with E-state index in [1.807, 2.05) is 6.92 Å². The summed E-state index contributed by atoms with van der Waals surface area (Å²) in [6.07, 6.45) is 1.09. The number of benzene rings is 1. The Kier molecular flexibility index (Phi) is 3.66. The van der Waals surface area contributed by atoms with Crippen LogP contribution in [0.4, 0.5) is 4.39 Å². The van der Waals surface area contributed by atoms with Crippen LogP contribution in [-0.4, -0.2) is 9.79 Å². The topological polar surface area (TPSA) is 57.5 Å². The Morgan fingerprint density at radius 3 is 2.27 bits per heavy atom. The summed E-state index contributed by atoms with van der Waals surface area (Å²) in [5.74, 6) is -0.759. The summed E-state index contributed by atoms with van der Waals surface area (Å²) in [5, 5.41) is -0.503. The van der Waals surface area contributed by atoms with Gasteiger partial charge in [-0.15, -0.1) is 0 Å². The molecule has 3 nitrogen and oxygen atoms in total. The Morgan fingerprint density at radius 1 is 1.27 bits per heavy atom. The van der Waals surface area contributed by atoms with Gasteiger partial charge < -0.3 is 9.79 Å². The summed E-state index contributed by atoms with van der Waals surface area (Å²) >= 11 is 0. The van der Waals surface area contributed by atoms with Gasteiger partial charge >= 0.3 is 7.60 Å². The van der Waals surface area contributed by atoms with E-state index >= 15 is 0 Å². The van der Waals surface area contributed by atoms with Crippen LogP contribution in [0.2, 0.25) is 0 Å². The lowest BCUT2D eigenvalue weighted by Gasteiger charge is -2.12. The maximum atomic E-state index is 13.7. The summed E-state index contributed by atoms with van der Waals surface area (Å²) < 4.78 is 24.7. The standard InChI is InChI=1S/C10H14FO3P/c1-3-7-5-6-9(15(12,13)14)10(11)8(7)4-2/h5-6H,3-4H2,1-2H3,(H2,12,13,14). The molecule has 0 unspecified atom stereocenters. The van der Waals surface area contributed by atoms with E-state index < -0.39 is 18.7 Å². The lowest BCUT2D eigenvalue weighted by molar-refractivity contribution is 0.385. The smallest absolute Gasteiger partial charge is 0.321 e. The highest BCUT2D eigenvalue weighted by Gasteiger charge is 2.24. The van der Waals surface area contributed by atoms with Gasteiger partial charge in [0.05, 0.1) is 5.30 Å². The van der Waals surface area contributed by atoms with Crippen LogP contribution in [0.25, 0.3) is 0 Å². The van der Waals surface area contributed by atoms with E-state index in [1.54, 1.807) is 13.0 Å². The summed E-state index contributed by atoms with van der Waals surface area (Å²) in [4.78, 5) is 17.8. The van der Waals surface area contributed by atoms with Crippen molar-refractivity contribution in [2.75, 3.05) is 0 Å². The predicted molar refractivity (Wildman–Crippen MR) is 56.8 cm³/mol. The van der Waals surface area contributed by atoms with Gasteiger partial charge in [0, 0.05) is 0 Å². The molecule has 0 spiro atoms. The van der Waals surface area contributed by atoms with Gasteiger partial charge in [0.1, 0.15) is 5.82 Å². The van der Waals surface area contributed by atoms with Crippen LogP contribution in [0.5, 0.6) is 0 Å². The van der Waals surface area contributed by atoms with E-state index in [1.165, 1.54) is 6.07 Å². The lowest BCUT2D eigenvalue weighted by Crippen LogP contribution is -2.13. The van der Waals surface area contributed by atoms with Crippen LogP contribution in [0.1, 0.15) is 25.0 Å². The summed E-state index contributed by atoms with van der Waals surface area (Å²) in [7, 11) is -4.50. The van der Waals surface area contributed by atoms with Crippen molar-refractivity contribution in [1.29, 1.82) is 0 Å². The van der Waals surface area contributed by atoms with Gasteiger partial charge in [0.2, 0.25) is 0 Å². The third-order valence-corrected chi connectivity index (χ3v) is 3.34. The quantitative estimate of drug-likeness (QED) is 0.780. The number of rotatable bonds is 3. The van der Waals surface area contributed by atoms with Crippen LogP contribution >= 0.6 is 7.60 Å². The highest BCUT2D eigenvalue weighted by atomic mass is 31.2. The van der Waals surface area contributed by atoms with E-state index in [4.69, 9.17) is 9.79 Å². The second kappa shape index (κ2) is 4.44. The lowest BCUT2D eigenvalue weighted by atomic mass is 10.0. The van der Waals surface area contributed by atoms with Gasteiger partial charge in [-0.05, 0) is 30.0 Å². The fourth-order valence-corrected chi connectivity index (χ4v) is 2.25. The average Bonchev–Trinajstić information content (AvgIpc) is 2.15. The predicted octanol–water partition coefficient (Wildman–Crippen LogP) is 1.75. The van der Waals surface area contributed by atoms with Crippen molar-refractivity contribution >= 4 is 12.9 Å². The second-order valence-electron chi connectivity index (χ2n) is 3.29. The molecule has 0 bridgehead atoms. The molecule has 0 amide bonds. The molecular weight excluding hydrogens is 218 g/mol. The Hall–Kier alpha value is -0.700. The van der Waals surface area contributed by atoms with Crippen molar-refractivity contribution in [2.45, 2.75) is 26.7 Å². The molecule has 0 aliphatic carbocycles. The molecule has 0 saturated carbocycles. The molecule has 1 rings (SSSR count). The molecule has 0 radical (unpaired) electrons. The van der Waals surface area contributed by atoms with Crippen LogP contribution < -0.4 is 5.30 Å². The Balaban J connectivity index is 3.43. The fraction of sp³-hybridized carbons (Fsp3) is 0.400. The number of hydrogen-bond acceptors (Lipinski definition) is 1. The molecule has 0 fully saturated rings. The first kappa shape index (κ1) is 12.4. The van der Waals surface area contributed by atoms with Gasteiger partial charge in [0.25, 0.3) is 0 Å². The minimum Gasteiger partial charge on any atom is -0.321 e.